The number of benzene rings is 1. The first kappa shape index (κ1) is 16.0. The van der Waals surface area contributed by atoms with Gasteiger partial charge in [0, 0.05) is 26.7 Å². The summed E-state index contributed by atoms with van der Waals surface area (Å²) in [6.45, 7) is 4.21. The highest BCUT2D eigenvalue weighted by Gasteiger charge is 2.23. The van der Waals surface area contributed by atoms with Gasteiger partial charge >= 0.3 is 0 Å². The number of ether oxygens (including phenoxy) is 1. The Morgan fingerprint density at radius 2 is 1.96 bits per heavy atom. The molecule has 3 aromatic rings. The Morgan fingerprint density at radius 3 is 2.76 bits per heavy atom. The molecular weight excluding hydrogens is 316 g/mol. The first-order chi connectivity index (χ1) is 12.3. The summed E-state index contributed by atoms with van der Waals surface area (Å²) in [5.74, 6) is 0.826. The maximum absolute atomic E-state index is 5.52. The quantitative estimate of drug-likeness (QED) is 0.766. The monoisotopic (exact) mass is 338 g/mol. The summed E-state index contributed by atoms with van der Waals surface area (Å²) in [4.78, 5) is 11.2. The summed E-state index contributed by atoms with van der Waals surface area (Å²) >= 11 is 0. The molecule has 0 radical (unpaired) electrons. The predicted molar refractivity (Wildman–Crippen MR) is 96.4 cm³/mol. The summed E-state index contributed by atoms with van der Waals surface area (Å²) in [6.07, 6.45) is 3.39. The number of morpholine rings is 1. The van der Waals surface area contributed by atoms with Crippen molar-refractivity contribution in [1.82, 2.24) is 24.6 Å². The van der Waals surface area contributed by atoms with Crippen LogP contribution in [0.2, 0.25) is 0 Å². The number of anilines is 1. The standard InChI is InChI=1S/C18H22N6O/c1-23-18-15(11-22-23)17(20-13-21-18)19-12-16(14-5-3-2-4-6-14)24-7-9-25-10-8-24/h2-6,11,13,16H,7-10,12H2,1H3,(H,19,20,21)/t16-/m0/s1. The summed E-state index contributed by atoms with van der Waals surface area (Å²) < 4.78 is 7.28. The first-order valence-electron chi connectivity index (χ1n) is 8.56. The lowest BCUT2D eigenvalue weighted by molar-refractivity contribution is 0.0187. The number of aryl methyl sites for hydroxylation is 1. The summed E-state index contributed by atoms with van der Waals surface area (Å²) in [5, 5.41) is 8.73. The Balaban J connectivity index is 1.58. The van der Waals surface area contributed by atoms with Crippen LogP contribution in [0, 0.1) is 0 Å². The SMILES string of the molecule is Cn1ncc2c(NC[C@@H](c3ccccc3)N3CCOCC3)ncnc21. The van der Waals surface area contributed by atoms with E-state index in [0.717, 1.165) is 49.7 Å². The van der Waals surface area contributed by atoms with E-state index in [9.17, 15) is 0 Å². The Hall–Kier alpha value is -2.51. The van der Waals surface area contributed by atoms with E-state index in [1.165, 1.54) is 5.56 Å². The summed E-state index contributed by atoms with van der Waals surface area (Å²) in [6, 6.07) is 10.9. The molecule has 1 N–H and O–H groups in total. The third-order valence-corrected chi connectivity index (χ3v) is 4.66. The first-order valence-corrected chi connectivity index (χ1v) is 8.56. The third kappa shape index (κ3) is 3.33. The van der Waals surface area contributed by atoms with Crippen LogP contribution in [0.4, 0.5) is 5.82 Å². The van der Waals surface area contributed by atoms with E-state index in [4.69, 9.17) is 4.74 Å². The molecule has 0 amide bonds. The lowest BCUT2D eigenvalue weighted by Crippen LogP contribution is -2.41. The Labute approximate surface area is 146 Å². The van der Waals surface area contributed by atoms with Crippen LogP contribution in [0.5, 0.6) is 0 Å². The third-order valence-electron chi connectivity index (χ3n) is 4.66. The average molecular weight is 338 g/mol. The van der Waals surface area contributed by atoms with Crippen molar-refractivity contribution in [2.45, 2.75) is 6.04 Å². The molecule has 130 valence electrons. The van der Waals surface area contributed by atoms with E-state index < -0.39 is 0 Å². The van der Waals surface area contributed by atoms with Crippen LogP contribution < -0.4 is 5.32 Å². The lowest BCUT2D eigenvalue weighted by Gasteiger charge is -2.35. The minimum atomic E-state index is 0.270. The number of hydrogen-bond donors (Lipinski definition) is 1. The van der Waals surface area contributed by atoms with Crippen molar-refractivity contribution in [3.05, 3.63) is 48.4 Å². The van der Waals surface area contributed by atoms with Gasteiger partial charge in [-0.3, -0.25) is 9.58 Å². The van der Waals surface area contributed by atoms with Gasteiger partial charge in [0.05, 0.1) is 30.8 Å². The molecule has 1 aliphatic rings. The van der Waals surface area contributed by atoms with Crippen molar-refractivity contribution in [1.29, 1.82) is 0 Å². The molecule has 0 saturated carbocycles. The van der Waals surface area contributed by atoms with Crippen LogP contribution in [0.25, 0.3) is 11.0 Å². The van der Waals surface area contributed by atoms with Crippen LogP contribution >= 0.6 is 0 Å². The number of fused-ring (bicyclic) bond motifs is 1. The molecule has 1 aromatic carbocycles. The van der Waals surface area contributed by atoms with Crippen molar-refractivity contribution in [3.8, 4) is 0 Å². The predicted octanol–water partition coefficient (Wildman–Crippen LogP) is 1.85. The minimum Gasteiger partial charge on any atom is -0.379 e. The van der Waals surface area contributed by atoms with Gasteiger partial charge in [0.15, 0.2) is 5.65 Å². The molecule has 1 saturated heterocycles. The molecule has 0 aliphatic carbocycles. The molecule has 1 aliphatic heterocycles. The Kier molecular flexibility index (Phi) is 4.58. The molecule has 0 spiro atoms. The van der Waals surface area contributed by atoms with Crippen LogP contribution in [0.15, 0.2) is 42.9 Å². The molecule has 7 heteroatoms. The van der Waals surface area contributed by atoms with Crippen LogP contribution in [-0.4, -0.2) is 57.5 Å². The zero-order valence-corrected chi connectivity index (χ0v) is 14.3. The highest BCUT2D eigenvalue weighted by atomic mass is 16.5. The molecular formula is C18H22N6O. The van der Waals surface area contributed by atoms with Gasteiger partial charge in [0.2, 0.25) is 0 Å². The fraction of sp³-hybridized carbons (Fsp3) is 0.389. The zero-order valence-electron chi connectivity index (χ0n) is 14.3. The molecule has 4 rings (SSSR count). The van der Waals surface area contributed by atoms with Crippen molar-refractivity contribution in [2.24, 2.45) is 7.05 Å². The van der Waals surface area contributed by atoms with Gasteiger partial charge in [0.25, 0.3) is 0 Å². The van der Waals surface area contributed by atoms with Crippen LogP contribution in [0.1, 0.15) is 11.6 Å². The van der Waals surface area contributed by atoms with Gasteiger partial charge in [-0.25, -0.2) is 9.97 Å². The summed E-state index contributed by atoms with van der Waals surface area (Å²) in [7, 11) is 1.89. The largest absolute Gasteiger partial charge is 0.379 e. The van der Waals surface area contributed by atoms with Crippen molar-refractivity contribution in [3.63, 3.8) is 0 Å². The second-order valence-corrected chi connectivity index (χ2v) is 6.18. The molecule has 7 nitrogen and oxygen atoms in total. The number of hydrogen-bond acceptors (Lipinski definition) is 6. The molecule has 2 aromatic heterocycles. The van der Waals surface area contributed by atoms with E-state index in [1.54, 1.807) is 11.0 Å². The minimum absolute atomic E-state index is 0.270. The summed E-state index contributed by atoms with van der Waals surface area (Å²) in [5.41, 5.74) is 2.13. The molecule has 1 atom stereocenters. The Bertz CT molecular complexity index is 828. The van der Waals surface area contributed by atoms with E-state index in [2.05, 4.69) is 55.6 Å². The second-order valence-electron chi connectivity index (χ2n) is 6.18. The van der Waals surface area contributed by atoms with Gasteiger partial charge in [-0.05, 0) is 5.56 Å². The fourth-order valence-corrected chi connectivity index (χ4v) is 3.32. The van der Waals surface area contributed by atoms with Crippen molar-refractivity contribution in [2.75, 3.05) is 38.2 Å². The van der Waals surface area contributed by atoms with Gasteiger partial charge in [-0.2, -0.15) is 5.10 Å². The van der Waals surface area contributed by atoms with Gasteiger partial charge in [-0.1, -0.05) is 30.3 Å². The maximum atomic E-state index is 5.52. The molecule has 25 heavy (non-hydrogen) atoms. The van der Waals surface area contributed by atoms with Crippen LogP contribution in [0.3, 0.4) is 0 Å². The number of aromatic nitrogens is 4. The van der Waals surface area contributed by atoms with E-state index in [-0.39, 0.29) is 6.04 Å². The molecule has 1 fully saturated rings. The lowest BCUT2D eigenvalue weighted by atomic mass is 10.0. The average Bonchev–Trinajstić information content (AvgIpc) is 3.06. The van der Waals surface area contributed by atoms with Crippen molar-refractivity contribution < 1.29 is 4.74 Å². The van der Waals surface area contributed by atoms with E-state index >= 15 is 0 Å². The zero-order chi connectivity index (χ0) is 17.1. The highest BCUT2D eigenvalue weighted by Crippen LogP contribution is 2.24. The maximum Gasteiger partial charge on any atom is 0.163 e. The molecule has 0 unspecified atom stereocenters. The second kappa shape index (κ2) is 7.16. The highest BCUT2D eigenvalue weighted by molar-refractivity contribution is 5.85. The van der Waals surface area contributed by atoms with Gasteiger partial charge in [-0.15, -0.1) is 0 Å². The number of rotatable bonds is 5. The van der Waals surface area contributed by atoms with Crippen LogP contribution in [-0.2, 0) is 11.8 Å². The smallest absolute Gasteiger partial charge is 0.163 e. The van der Waals surface area contributed by atoms with E-state index in [0.29, 0.717) is 0 Å². The number of nitrogens with one attached hydrogen (secondary N) is 1. The fourth-order valence-electron chi connectivity index (χ4n) is 3.32. The van der Waals surface area contributed by atoms with Crippen molar-refractivity contribution >= 4 is 16.9 Å². The topological polar surface area (TPSA) is 68.1 Å². The van der Waals surface area contributed by atoms with Gasteiger partial charge in [0.1, 0.15) is 12.1 Å². The Morgan fingerprint density at radius 1 is 1.16 bits per heavy atom. The molecule has 0 bridgehead atoms. The molecule has 3 heterocycles. The van der Waals surface area contributed by atoms with Gasteiger partial charge < -0.3 is 10.1 Å². The normalized spacial score (nSPS) is 16.8. The van der Waals surface area contributed by atoms with E-state index in [1.807, 2.05) is 13.2 Å². The number of nitrogens with zero attached hydrogens (tertiary/aromatic N) is 5.